The number of hydrogen-bond acceptors (Lipinski definition) is 9. The first-order valence-electron chi connectivity index (χ1n) is 17.3. The van der Waals surface area contributed by atoms with Crippen molar-refractivity contribution < 1.29 is 37.1 Å². The molecule has 0 radical (unpaired) electrons. The van der Waals surface area contributed by atoms with Crippen molar-refractivity contribution in [3.8, 4) is 5.88 Å². The number of benzene rings is 1. The molecule has 0 unspecified atom stereocenters. The minimum Gasteiger partial charge on any atom is -0.472 e. The van der Waals surface area contributed by atoms with Gasteiger partial charge in [-0.3, -0.25) is 23.9 Å². The summed E-state index contributed by atoms with van der Waals surface area (Å²) in [7, 11) is -3.83. The van der Waals surface area contributed by atoms with Gasteiger partial charge in [0.05, 0.1) is 36.3 Å². The van der Waals surface area contributed by atoms with Gasteiger partial charge in [-0.05, 0) is 73.4 Å². The summed E-state index contributed by atoms with van der Waals surface area (Å²) in [4.78, 5) is 61.1. The molecule has 1 saturated heterocycles. The summed E-state index contributed by atoms with van der Waals surface area (Å²) in [5.74, 6) is -2.51. The first kappa shape index (κ1) is 34.8. The quantitative estimate of drug-likeness (QED) is 0.291. The summed E-state index contributed by atoms with van der Waals surface area (Å²) in [6, 6.07) is 6.90. The lowest BCUT2D eigenvalue weighted by Gasteiger charge is -2.29. The molecule has 2 saturated carbocycles. The Kier molecular flexibility index (Phi) is 9.97. The Morgan fingerprint density at radius 3 is 2.71 bits per heavy atom. The molecule has 4 aliphatic rings. The average Bonchev–Trinajstić information content (AvgIpc) is 3.98. The summed E-state index contributed by atoms with van der Waals surface area (Å²) in [5.41, 5.74) is -0.312. The summed E-state index contributed by atoms with van der Waals surface area (Å²) in [6.07, 6.45) is 9.46. The summed E-state index contributed by atoms with van der Waals surface area (Å²) in [6.45, 7) is 8.05. The second kappa shape index (κ2) is 14.0. The van der Waals surface area contributed by atoms with E-state index in [1.165, 1.54) is 4.90 Å². The maximum Gasteiger partial charge on any atom is 0.306 e. The van der Waals surface area contributed by atoms with Crippen LogP contribution < -0.4 is 9.46 Å². The van der Waals surface area contributed by atoms with Crippen molar-refractivity contribution in [2.45, 2.75) is 89.0 Å². The zero-order valence-corrected chi connectivity index (χ0v) is 29.0. The Bertz CT molecular complexity index is 1780. The second-order valence-electron chi connectivity index (χ2n) is 14.4. The molecule has 1 N–H and O–H groups in total. The van der Waals surface area contributed by atoms with Crippen LogP contribution in [0.25, 0.3) is 16.8 Å². The highest BCUT2D eigenvalue weighted by atomic mass is 32.2. The number of ether oxygens (including phenoxy) is 2. The molecule has 1 aromatic heterocycles. The molecule has 2 aromatic rings. The van der Waals surface area contributed by atoms with Gasteiger partial charge in [0.15, 0.2) is 5.78 Å². The average molecular weight is 692 g/mol. The van der Waals surface area contributed by atoms with Gasteiger partial charge in [0, 0.05) is 30.3 Å². The Hall–Kier alpha value is -4.06. The third-order valence-corrected chi connectivity index (χ3v) is 11.9. The van der Waals surface area contributed by atoms with E-state index in [1.807, 2.05) is 50.3 Å². The fourth-order valence-corrected chi connectivity index (χ4v) is 8.58. The number of sulfonamides is 1. The van der Waals surface area contributed by atoms with Gasteiger partial charge in [-0.15, -0.1) is 6.58 Å². The van der Waals surface area contributed by atoms with Gasteiger partial charge in [0.25, 0.3) is 0 Å². The molecule has 6 rings (SSSR count). The number of cyclic esters (lactones) is 1. The van der Waals surface area contributed by atoms with Crippen molar-refractivity contribution in [3.63, 3.8) is 0 Å². The van der Waals surface area contributed by atoms with Gasteiger partial charge < -0.3 is 14.4 Å². The van der Waals surface area contributed by atoms with E-state index in [4.69, 9.17) is 9.47 Å². The number of rotatable bonds is 9. The highest BCUT2D eigenvalue weighted by Gasteiger charge is 2.61. The number of aromatic nitrogens is 1. The van der Waals surface area contributed by atoms with E-state index in [0.29, 0.717) is 38.0 Å². The Labute approximate surface area is 287 Å². The van der Waals surface area contributed by atoms with Crippen molar-refractivity contribution in [2.75, 3.05) is 13.2 Å². The Morgan fingerprint density at radius 1 is 1.20 bits per heavy atom. The number of nitrogens with one attached hydrogen (secondary N) is 1. The molecule has 2 aliphatic carbocycles. The standard InChI is InChI=1S/C37H45N3O8S/c1-4-27-20-37(27,36(44)39-49(45,46)29-11-12-29)21-32(41)31-19-28-22-40(31)35(43)26(16-23(2)3)18-33(42)47-15-7-5-6-8-24-9-10-25-13-14-38-34(48-28)30(25)17-24/h4,6,8-10,13-14,17,23,26-29,31H,1,5,7,11-12,15-16,18-22H2,2-3H3,(H,39,44)/b8-6+/t26-,27-,28-,31+,37-/m1/s1. The number of amides is 2. The molecular weight excluding hydrogens is 646 g/mol. The maximum absolute atomic E-state index is 14.3. The molecular formula is C37H45N3O8S. The number of ketones is 1. The molecule has 1 aromatic carbocycles. The van der Waals surface area contributed by atoms with Crippen molar-refractivity contribution in [1.29, 1.82) is 0 Å². The lowest BCUT2D eigenvalue weighted by molar-refractivity contribution is -0.150. The number of allylic oxidation sites excluding steroid dienone is 2. The van der Waals surface area contributed by atoms with Gasteiger partial charge in [-0.25, -0.2) is 13.4 Å². The van der Waals surface area contributed by atoms with E-state index in [9.17, 15) is 27.6 Å². The third kappa shape index (κ3) is 7.74. The van der Waals surface area contributed by atoms with Crippen molar-refractivity contribution >= 4 is 50.4 Å². The minimum absolute atomic E-state index is 0.0800. The highest BCUT2D eigenvalue weighted by Crippen LogP contribution is 2.57. The number of carbonyl (C=O) groups excluding carboxylic acids is 4. The largest absolute Gasteiger partial charge is 0.472 e. The van der Waals surface area contributed by atoms with Crippen LogP contribution in [0.3, 0.4) is 0 Å². The zero-order valence-electron chi connectivity index (χ0n) is 28.1. The maximum atomic E-state index is 14.3. The van der Waals surface area contributed by atoms with E-state index >= 15 is 0 Å². The zero-order chi connectivity index (χ0) is 34.9. The van der Waals surface area contributed by atoms with Crippen LogP contribution >= 0.6 is 0 Å². The van der Waals surface area contributed by atoms with E-state index in [0.717, 1.165) is 16.3 Å². The van der Waals surface area contributed by atoms with Crippen LogP contribution in [0.2, 0.25) is 0 Å². The van der Waals surface area contributed by atoms with Crippen LogP contribution in [0, 0.1) is 23.2 Å². The number of carbonyl (C=O) groups is 4. The lowest BCUT2D eigenvalue weighted by atomic mass is 9.90. The highest BCUT2D eigenvalue weighted by molar-refractivity contribution is 7.90. The molecule has 12 heteroatoms. The monoisotopic (exact) mass is 691 g/mol. The van der Waals surface area contributed by atoms with Crippen molar-refractivity contribution in [2.24, 2.45) is 23.2 Å². The minimum atomic E-state index is -3.83. The van der Waals surface area contributed by atoms with Crippen molar-refractivity contribution in [1.82, 2.24) is 14.6 Å². The van der Waals surface area contributed by atoms with Crippen LogP contribution in [0.5, 0.6) is 5.88 Å². The molecule has 2 aliphatic heterocycles. The molecule has 11 nitrogen and oxygen atoms in total. The lowest BCUT2D eigenvalue weighted by Crippen LogP contribution is -2.46. The molecule has 3 heterocycles. The number of Topliss-reactive ketones (excluding diaryl/α,β-unsaturated/α-hetero) is 1. The predicted molar refractivity (Wildman–Crippen MR) is 184 cm³/mol. The van der Waals surface area contributed by atoms with E-state index in [1.54, 1.807) is 12.3 Å². The first-order chi connectivity index (χ1) is 23.4. The predicted octanol–water partition coefficient (Wildman–Crippen LogP) is 4.75. The Morgan fingerprint density at radius 2 is 2.00 bits per heavy atom. The smallest absolute Gasteiger partial charge is 0.306 e. The fraction of sp³-hybridized carbons (Fsp3) is 0.541. The van der Waals surface area contributed by atoms with Gasteiger partial charge in [0.2, 0.25) is 27.7 Å². The molecule has 262 valence electrons. The van der Waals surface area contributed by atoms with Gasteiger partial charge >= 0.3 is 5.97 Å². The van der Waals surface area contributed by atoms with Crippen LogP contribution in [0.15, 0.2) is 49.2 Å². The van der Waals surface area contributed by atoms with Gasteiger partial charge in [0.1, 0.15) is 6.10 Å². The Balaban J connectivity index is 1.32. The summed E-state index contributed by atoms with van der Waals surface area (Å²) < 4.78 is 39.6. The van der Waals surface area contributed by atoms with E-state index in [-0.39, 0.29) is 62.4 Å². The molecule has 49 heavy (non-hydrogen) atoms. The molecule has 0 spiro atoms. The van der Waals surface area contributed by atoms with E-state index in [2.05, 4.69) is 16.3 Å². The van der Waals surface area contributed by atoms with Crippen molar-refractivity contribution in [3.05, 3.63) is 54.8 Å². The van der Waals surface area contributed by atoms with Crippen LogP contribution in [-0.4, -0.2) is 72.4 Å². The first-order valence-corrected chi connectivity index (χ1v) is 18.8. The van der Waals surface area contributed by atoms with E-state index < -0.39 is 50.6 Å². The summed E-state index contributed by atoms with van der Waals surface area (Å²) >= 11 is 0. The topological polar surface area (TPSA) is 149 Å². The van der Waals surface area contributed by atoms with Crippen LogP contribution in [-0.2, 0) is 33.9 Å². The molecule has 4 bridgehead atoms. The molecule has 5 atom stereocenters. The summed E-state index contributed by atoms with van der Waals surface area (Å²) in [5, 5.41) is 1.13. The number of esters is 1. The van der Waals surface area contributed by atoms with Gasteiger partial charge in [-0.2, -0.15) is 0 Å². The molecule has 3 fully saturated rings. The molecule has 2 amide bonds. The number of pyridine rings is 1. The SMILES string of the molecule is C=C[C@@H]1C[C@]1(CC(=O)[C@@H]1C[C@@H]2CN1C(=O)[C@H](CC(C)C)CC(=O)OCCC/C=C/c1ccc3ccnc(c3c1)O2)C(=O)NS(=O)(=O)C1CC1. The number of hydrogen-bond donors (Lipinski definition) is 1. The normalized spacial score (nSPS) is 28.3. The van der Waals surface area contributed by atoms with Crippen LogP contribution in [0.1, 0.15) is 77.2 Å². The second-order valence-corrected chi connectivity index (χ2v) is 16.4. The fourth-order valence-electron chi connectivity index (χ4n) is 7.20. The number of fused-ring (bicyclic) bond motifs is 3. The van der Waals surface area contributed by atoms with Crippen LogP contribution in [0.4, 0.5) is 0 Å². The van der Waals surface area contributed by atoms with Gasteiger partial charge in [-0.1, -0.05) is 44.2 Å². The third-order valence-electron chi connectivity index (χ3n) is 10.1. The number of nitrogens with zero attached hydrogens (tertiary/aromatic N) is 2.